The maximum absolute atomic E-state index is 3.70. The predicted molar refractivity (Wildman–Crippen MR) is 88.2 cm³/mol. The number of nitrogens with zero attached hydrogens (tertiary/aromatic N) is 1. The lowest BCUT2D eigenvalue weighted by atomic mass is 9.88. The lowest BCUT2D eigenvalue weighted by Gasteiger charge is -2.43. The maximum Gasteiger partial charge on any atom is 0.0192 e. The molecule has 2 nitrogen and oxygen atoms in total. The first-order chi connectivity index (χ1) is 9.85. The second kappa shape index (κ2) is 9.04. The Balaban J connectivity index is 1.97. The second-order valence-corrected chi connectivity index (χ2v) is 6.94. The van der Waals surface area contributed by atoms with Gasteiger partial charge in [-0.1, -0.05) is 52.4 Å². The van der Waals surface area contributed by atoms with Gasteiger partial charge in [-0.05, 0) is 38.6 Å². The van der Waals surface area contributed by atoms with Crippen LogP contribution < -0.4 is 5.32 Å². The van der Waals surface area contributed by atoms with E-state index < -0.39 is 0 Å². The van der Waals surface area contributed by atoms with Crippen LogP contribution in [0.3, 0.4) is 0 Å². The highest BCUT2D eigenvalue weighted by Gasteiger charge is 2.29. The summed E-state index contributed by atoms with van der Waals surface area (Å²) in [6, 6.07) is 2.47. The molecule has 0 bridgehead atoms. The molecule has 0 saturated heterocycles. The lowest BCUT2D eigenvalue weighted by molar-refractivity contribution is 0.0698. The second-order valence-electron chi connectivity index (χ2n) is 6.94. The monoisotopic (exact) mass is 280 g/mol. The van der Waals surface area contributed by atoms with Crippen molar-refractivity contribution in [3.63, 3.8) is 0 Å². The summed E-state index contributed by atoms with van der Waals surface area (Å²) in [6.07, 6.45) is 15.9. The van der Waals surface area contributed by atoms with Crippen LogP contribution in [0.5, 0.6) is 0 Å². The van der Waals surface area contributed by atoms with Gasteiger partial charge >= 0.3 is 0 Å². The van der Waals surface area contributed by atoms with Gasteiger partial charge in [0.15, 0.2) is 0 Å². The molecular formula is C18H36N2. The molecule has 1 unspecified atom stereocenters. The van der Waals surface area contributed by atoms with Gasteiger partial charge in [0.1, 0.15) is 0 Å². The Kier molecular flexibility index (Phi) is 7.37. The van der Waals surface area contributed by atoms with E-state index in [9.17, 15) is 0 Å². The third kappa shape index (κ3) is 4.73. The Morgan fingerprint density at radius 2 is 1.35 bits per heavy atom. The molecule has 0 aromatic rings. The summed E-state index contributed by atoms with van der Waals surface area (Å²) in [7, 11) is 0. The van der Waals surface area contributed by atoms with Gasteiger partial charge in [-0.15, -0.1) is 0 Å². The van der Waals surface area contributed by atoms with Crippen molar-refractivity contribution < 1.29 is 0 Å². The van der Waals surface area contributed by atoms with Crippen LogP contribution in [0.25, 0.3) is 0 Å². The van der Waals surface area contributed by atoms with Crippen molar-refractivity contribution in [3.8, 4) is 0 Å². The molecule has 2 rings (SSSR count). The van der Waals surface area contributed by atoms with E-state index in [-0.39, 0.29) is 0 Å². The fraction of sp³-hybridized carbons (Fsp3) is 1.00. The first-order valence-electron chi connectivity index (χ1n) is 9.34. The molecule has 0 amide bonds. The van der Waals surface area contributed by atoms with Crippen LogP contribution in [0, 0.1) is 0 Å². The molecule has 2 heteroatoms. The number of likely N-dealkylation sites (N-methyl/N-ethyl adjacent to an activating group) is 1. The summed E-state index contributed by atoms with van der Waals surface area (Å²) in [5.74, 6) is 0. The largest absolute Gasteiger partial charge is 0.313 e. The van der Waals surface area contributed by atoms with Crippen molar-refractivity contribution in [2.45, 2.75) is 103 Å². The molecule has 20 heavy (non-hydrogen) atoms. The van der Waals surface area contributed by atoms with Gasteiger partial charge in [-0.25, -0.2) is 0 Å². The van der Waals surface area contributed by atoms with Gasteiger partial charge in [0, 0.05) is 24.7 Å². The SMILES string of the molecule is CCNC(CC)CN(C1CCCCC1)C1CCCCC1. The van der Waals surface area contributed by atoms with Crippen LogP contribution in [0.15, 0.2) is 0 Å². The minimum atomic E-state index is 0.698. The molecule has 1 N–H and O–H groups in total. The normalized spacial score (nSPS) is 24.1. The van der Waals surface area contributed by atoms with E-state index in [4.69, 9.17) is 0 Å². The summed E-state index contributed by atoms with van der Waals surface area (Å²) >= 11 is 0. The van der Waals surface area contributed by atoms with Crippen LogP contribution in [0.2, 0.25) is 0 Å². The molecule has 0 spiro atoms. The smallest absolute Gasteiger partial charge is 0.0192 e. The van der Waals surface area contributed by atoms with Gasteiger partial charge in [0.2, 0.25) is 0 Å². The van der Waals surface area contributed by atoms with E-state index in [2.05, 4.69) is 24.1 Å². The van der Waals surface area contributed by atoms with Gasteiger partial charge < -0.3 is 5.32 Å². The molecule has 2 fully saturated rings. The Hall–Kier alpha value is -0.0800. The van der Waals surface area contributed by atoms with E-state index in [0.717, 1.165) is 18.6 Å². The Bertz CT molecular complexity index is 224. The molecule has 0 aromatic heterocycles. The Labute approximate surface area is 126 Å². The first kappa shape index (κ1) is 16.3. The van der Waals surface area contributed by atoms with E-state index in [1.54, 1.807) is 0 Å². The highest BCUT2D eigenvalue weighted by molar-refractivity contribution is 4.86. The maximum atomic E-state index is 3.70. The van der Waals surface area contributed by atoms with E-state index in [1.807, 2.05) is 0 Å². The summed E-state index contributed by atoms with van der Waals surface area (Å²) in [5.41, 5.74) is 0. The molecule has 0 radical (unpaired) electrons. The van der Waals surface area contributed by atoms with Gasteiger partial charge in [0.05, 0.1) is 0 Å². The van der Waals surface area contributed by atoms with Crippen molar-refractivity contribution in [1.82, 2.24) is 10.2 Å². The number of hydrogen-bond acceptors (Lipinski definition) is 2. The summed E-state index contributed by atoms with van der Waals surface area (Å²) < 4.78 is 0. The van der Waals surface area contributed by atoms with Crippen molar-refractivity contribution in [2.24, 2.45) is 0 Å². The average molecular weight is 280 g/mol. The Morgan fingerprint density at radius 1 is 0.850 bits per heavy atom. The molecule has 2 aliphatic rings. The van der Waals surface area contributed by atoms with Crippen LogP contribution in [0.4, 0.5) is 0 Å². The number of rotatable bonds is 7. The molecule has 118 valence electrons. The zero-order valence-electron chi connectivity index (χ0n) is 13.9. The standard InChI is InChI=1S/C18H36N2/c1-3-16(19-4-2)15-20(17-11-7-5-8-12-17)18-13-9-6-10-14-18/h16-19H,3-15H2,1-2H3. The minimum absolute atomic E-state index is 0.698. The van der Waals surface area contributed by atoms with E-state index in [0.29, 0.717) is 6.04 Å². The van der Waals surface area contributed by atoms with Crippen molar-refractivity contribution in [3.05, 3.63) is 0 Å². The van der Waals surface area contributed by atoms with E-state index >= 15 is 0 Å². The van der Waals surface area contributed by atoms with Crippen LogP contribution >= 0.6 is 0 Å². The van der Waals surface area contributed by atoms with Gasteiger partial charge in [-0.2, -0.15) is 0 Å². The van der Waals surface area contributed by atoms with Gasteiger partial charge in [-0.3, -0.25) is 4.90 Å². The first-order valence-corrected chi connectivity index (χ1v) is 9.34. The fourth-order valence-corrected chi connectivity index (χ4v) is 4.30. The third-order valence-corrected chi connectivity index (χ3v) is 5.50. The van der Waals surface area contributed by atoms with Crippen molar-refractivity contribution in [1.29, 1.82) is 0 Å². The molecule has 0 aromatic carbocycles. The third-order valence-electron chi connectivity index (χ3n) is 5.50. The zero-order valence-corrected chi connectivity index (χ0v) is 13.9. The Morgan fingerprint density at radius 3 is 1.75 bits per heavy atom. The van der Waals surface area contributed by atoms with Crippen LogP contribution in [0.1, 0.15) is 84.5 Å². The highest BCUT2D eigenvalue weighted by Crippen LogP contribution is 2.30. The molecule has 0 aliphatic heterocycles. The van der Waals surface area contributed by atoms with Crippen molar-refractivity contribution in [2.75, 3.05) is 13.1 Å². The average Bonchev–Trinajstić information content (AvgIpc) is 2.53. The van der Waals surface area contributed by atoms with Gasteiger partial charge in [0.25, 0.3) is 0 Å². The number of hydrogen-bond donors (Lipinski definition) is 1. The van der Waals surface area contributed by atoms with Crippen LogP contribution in [-0.4, -0.2) is 36.1 Å². The molecule has 1 atom stereocenters. The lowest BCUT2D eigenvalue weighted by Crippen LogP contribution is -2.51. The van der Waals surface area contributed by atoms with Crippen LogP contribution in [-0.2, 0) is 0 Å². The molecule has 2 saturated carbocycles. The van der Waals surface area contributed by atoms with Crippen molar-refractivity contribution >= 4 is 0 Å². The minimum Gasteiger partial charge on any atom is -0.313 e. The topological polar surface area (TPSA) is 15.3 Å². The summed E-state index contributed by atoms with van der Waals surface area (Å²) in [6.45, 7) is 6.99. The molecule has 2 aliphatic carbocycles. The predicted octanol–water partition coefficient (Wildman–Crippen LogP) is 4.34. The molecular weight excluding hydrogens is 244 g/mol. The zero-order chi connectivity index (χ0) is 14.2. The van der Waals surface area contributed by atoms with E-state index in [1.165, 1.54) is 77.2 Å². The fourth-order valence-electron chi connectivity index (χ4n) is 4.30. The highest BCUT2D eigenvalue weighted by atomic mass is 15.2. The molecule has 0 heterocycles. The summed E-state index contributed by atoms with van der Waals surface area (Å²) in [4.78, 5) is 2.94. The summed E-state index contributed by atoms with van der Waals surface area (Å²) in [5, 5.41) is 3.70. The number of nitrogens with one attached hydrogen (secondary N) is 1. The quantitative estimate of drug-likeness (QED) is 0.746.